The van der Waals surface area contributed by atoms with Crippen molar-refractivity contribution in [2.45, 2.75) is 29.0 Å². The molecule has 4 rings (SSSR count). The van der Waals surface area contributed by atoms with E-state index in [1.807, 2.05) is 12.1 Å². The van der Waals surface area contributed by atoms with E-state index in [0.717, 1.165) is 15.9 Å². The fourth-order valence-corrected chi connectivity index (χ4v) is 8.73. The van der Waals surface area contributed by atoms with Crippen molar-refractivity contribution in [3.05, 3.63) is 52.9 Å². The van der Waals surface area contributed by atoms with Crippen LogP contribution in [0.4, 0.5) is 13.2 Å². The maximum Gasteiger partial charge on any atom is 0.490 e. The Morgan fingerprint density at radius 2 is 1.69 bits per heavy atom. The van der Waals surface area contributed by atoms with Gasteiger partial charge in [-0.3, -0.25) is 10.5 Å². The van der Waals surface area contributed by atoms with E-state index in [-0.39, 0.29) is 58.6 Å². The quantitative estimate of drug-likeness (QED) is 0.386. The van der Waals surface area contributed by atoms with Gasteiger partial charge in [0.15, 0.2) is 16.1 Å². The Bertz CT molecular complexity index is 1420. The number of carbonyl (C=O) groups excluding carboxylic acids is 2. The molecule has 2 aliphatic rings. The van der Waals surface area contributed by atoms with E-state index in [1.54, 1.807) is 18.2 Å². The molecule has 1 unspecified atom stereocenters. The van der Waals surface area contributed by atoms with E-state index in [4.69, 9.17) is 5.73 Å². The van der Waals surface area contributed by atoms with E-state index in [2.05, 4.69) is 4.74 Å². The molecule has 0 saturated carbocycles. The van der Waals surface area contributed by atoms with Gasteiger partial charge in [0.05, 0.1) is 22.3 Å². The zero-order chi connectivity index (χ0) is 28.6. The highest BCUT2D eigenvalue weighted by atomic mass is 32.2. The zero-order valence-corrected chi connectivity index (χ0v) is 22.9. The minimum absolute atomic E-state index is 0.0310. The number of rotatable bonds is 6. The highest BCUT2D eigenvalue weighted by molar-refractivity contribution is 7.91. The Morgan fingerprint density at radius 3 is 2.31 bits per heavy atom. The van der Waals surface area contributed by atoms with Crippen LogP contribution in [0, 0.1) is 5.92 Å². The van der Waals surface area contributed by atoms with Crippen LogP contribution < -0.4 is 5.73 Å². The molecule has 0 bridgehead atoms. The minimum Gasteiger partial charge on any atom is -0.435 e. The summed E-state index contributed by atoms with van der Waals surface area (Å²) in [7, 11) is -7.45. The number of hydrogen-bond acceptors (Lipinski definition) is 9. The Kier molecular flexibility index (Phi) is 8.42. The summed E-state index contributed by atoms with van der Waals surface area (Å²) < 4.78 is 93.5. The van der Waals surface area contributed by atoms with Crippen molar-refractivity contribution >= 4 is 43.1 Å². The number of esters is 1. The molecule has 39 heavy (non-hydrogen) atoms. The third kappa shape index (κ3) is 6.80. The van der Waals surface area contributed by atoms with Crippen molar-refractivity contribution < 1.29 is 44.3 Å². The predicted octanol–water partition coefficient (Wildman–Crippen LogP) is 1.86. The van der Waals surface area contributed by atoms with Crippen LogP contribution in [0.2, 0.25) is 0 Å². The summed E-state index contributed by atoms with van der Waals surface area (Å²) >= 11 is 0.567. The molecule has 3 heterocycles. The molecule has 0 radical (unpaired) electrons. The monoisotopic (exact) mass is 609 g/mol. The molecular formula is C23H26F3N3O7S3. The Morgan fingerprint density at radius 1 is 1.05 bits per heavy atom. The van der Waals surface area contributed by atoms with Gasteiger partial charge >= 0.3 is 12.1 Å². The second-order valence-corrected chi connectivity index (χ2v) is 14.9. The van der Waals surface area contributed by atoms with Crippen LogP contribution in [0.5, 0.6) is 0 Å². The van der Waals surface area contributed by atoms with Gasteiger partial charge in [-0.25, -0.2) is 21.6 Å². The first-order valence-corrected chi connectivity index (χ1v) is 15.9. The van der Waals surface area contributed by atoms with Crippen molar-refractivity contribution in [1.29, 1.82) is 0 Å². The SMILES string of the molecule is NC(OC(=O)C(F)(F)F)c1ccc(S(=O)(=O)N2C[C@@H](C(=O)N3CCS(=O)(=O)CC3)C[C@@H](c3ccccc3)C2)s1. The molecule has 1 amide bonds. The van der Waals surface area contributed by atoms with Crippen molar-refractivity contribution in [2.24, 2.45) is 11.7 Å². The Balaban J connectivity index is 1.57. The third-order valence-corrected chi connectivity index (χ3v) is 11.7. The molecule has 10 nitrogen and oxygen atoms in total. The summed E-state index contributed by atoms with van der Waals surface area (Å²) in [5, 5.41) is 0. The molecule has 2 fully saturated rings. The van der Waals surface area contributed by atoms with E-state index < -0.39 is 44.2 Å². The number of alkyl halides is 3. The number of amides is 1. The zero-order valence-electron chi connectivity index (χ0n) is 20.4. The number of sulfonamides is 1. The predicted molar refractivity (Wildman–Crippen MR) is 135 cm³/mol. The molecule has 16 heteroatoms. The lowest BCUT2D eigenvalue weighted by atomic mass is 9.85. The first kappa shape index (κ1) is 29.5. The molecule has 0 spiro atoms. The van der Waals surface area contributed by atoms with Crippen molar-refractivity contribution in [3.63, 3.8) is 0 Å². The number of benzene rings is 1. The van der Waals surface area contributed by atoms with Crippen molar-refractivity contribution in [1.82, 2.24) is 9.21 Å². The van der Waals surface area contributed by atoms with Gasteiger partial charge in [-0.05, 0) is 30.0 Å². The number of ether oxygens (including phenoxy) is 1. The molecular weight excluding hydrogens is 583 g/mol. The van der Waals surface area contributed by atoms with Crippen LogP contribution in [0.15, 0.2) is 46.7 Å². The Hall–Kier alpha value is -2.53. The highest BCUT2D eigenvalue weighted by Gasteiger charge is 2.43. The third-order valence-electron chi connectivity index (χ3n) is 6.64. The van der Waals surface area contributed by atoms with E-state index in [1.165, 1.54) is 11.0 Å². The van der Waals surface area contributed by atoms with Crippen LogP contribution in [0.1, 0.15) is 29.0 Å². The normalized spacial score (nSPS) is 23.2. The lowest BCUT2D eigenvalue weighted by molar-refractivity contribution is -0.205. The fraction of sp³-hybridized carbons (Fsp3) is 0.478. The van der Waals surface area contributed by atoms with Gasteiger partial charge < -0.3 is 9.64 Å². The molecule has 2 aliphatic heterocycles. The number of carbonyl (C=O) groups is 2. The van der Waals surface area contributed by atoms with Gasteiger partial charge in [-0.15, -0.1) is 11.3 Å². The number of halogens is 3. The molecule has 2 N–H and O–H groups in total. The fourth-order valence-electron chi connectivity index (χ4n) is 4.58. The highest BCUT2D eigenvalue weighted by Crippen LogP contribution is 2.37. The smallest absolute Gasteiger partial charge is 0.435 e. The number of nitrogens with zero attached hydrogens (tertiary/aromatic N) is 2. The number of hydrogen-bond donors (Lipinski definition) is 1. The Labute approximate surface area is 227 Å². The molecule has 3 atom stereocenters. The summed E-state index contributed by atoms with van der Waals surface area (Å²) in [5.41, 5.74) is 6.38. The molecule has 2 aromatic rings. The number of piperidine rings is 1. The van der Waals surface area contributed by atoms with Crippen LogP contribution in [0.25, 0.3) is 0 Å². The summed E-state index contributed by atoms with van der Waals surface area (Å²) in [5.74, 6) is -4.24. The van der Waals surface area contributed by atoms with Gasteiger partial charge in [-0.1, -0.05) is 30.3 Å². The first-order valence-electron chi connectivity index (χ1n) is 11.8. The van der Waals surface area contributed by atoms with Crippen molar-refractivity contribution in [3.8, 4) is 0 Å². The van der Waals surface area contributed by atoms with Gasteiger partial charge in [0.1, 0.15) is 4.21 Å². The van der Waals surface area contributed by atoms with Gasteiger partial charge in [0, 0.05) is 26.2 Å². The molecule has 2 saturated heterocycles. The average Bonchev–Trinajstić information content (AvgIpc) is 3.39. The van der Waals surface area contributed by atoms with E-state index in [0.29, 0.717) is 17.8 Å². The van der Waals surface area contributed by atoms with E-state index >= 15 is 0 Å². The lowest BCUT2D eigenvalue weighted by Gasteiger charge is -2.39. The number of thiophene rings is 1. The molecule has 0 aliphatic carbocycles. The van der Waals surface area contributed by atoms with Crippen LogP contribution >= 0.6 is 11.3 Å². The average molecular weight is 610 g/mol. The van der Waals surface area contributed by atoms with E-state index in [9.17, 15) is 39.6 Å². The molecule has 1 aromatic carbocycles. The lowest BCUT2D eigenvalue weighted by Crippen LogP contribution is -2.51. The summed E-state index contributed by atoms with van der Waals surface area (Å²) in [6.07, 6.45) is -6.73. The van der Waals surface area contributed by atoms with Crippen molar-refractivity contribution in [2.75, 3.05) is 37.7 Å². The summed E-state index contributed by atoms with van der Waals surface area (Å²) in [4.78, 5) is 25.8. The van der Waals surface area contributed by atoms with Gasteiger partial charge in [0.25, 0.3) is 10.0 Å². The number of sulfone groups is 1. The molecule has 1 aromatic heterocycles. The van der Waals surface area contributed by atoms with Gasteiger partial charge in [0.2, 0.25) is 5.91 Å². The largest absolute Gasteiger partial charge is 0.490 e. The minimum atomic E-state index is -5.26. The summed E-state index contributed by atoms with van der Waals surface area (Å²) in [6.45, 7) is -0.0462. The van der Waals surface area contributed by atoms with Crippen LogP contribution in [0.3, 0.4) is 0 Å². The molecule has 214 valence electrons. The summed E-state index contributed by atoms with van der Waals surface area (Å²) in [6, 6.07) is 11.4. The maximum atomic E-state index is 13.6. The van der Waals surface area contributed by atoms with Gasteiger partial charge in [-0.2, -0.15) is 17.5 Å². The number of nitrogens with two attached hydrogens (primary N) is 1. The van der Waals surface area contributed by atoms with Crippen LogP contribution in [-0.2, 0) is 34.2 Å². The second-order valence-electron chi connectivity index (χ2n) is 9.32. The standard InChI is InChI=1S/C23H26F3N3O7S3/c24-23(25,26)22(31)36-20(27)18-6-7-19(37-18)39(34,35)29-13-16(15-4-2-1-3-5-15)12-17(14-29)21(30)28-8-10-38(32,33)11-9-28/h1-7,16-17,20H,8-14,27H2/t16-,17+,20?/m1/s1. The topological polar surface area (TPSA) is 144 Å². The first-order chi connectivity index (χ1) is 18.2. The second kappa shape index (κ2) is 11.2. The maximum absolute atomic E-state index is 13.6. The van der Waals surface area contributed by atoms with Crippen LogP contribution in [-0.4, -0.2) is 81.8 Å².